The van der Waals surface area contributed by atoms with Crippen molar-refractivity contribution in [3.8, 4) is 0 Å². The maximum atomic E-state index is 13.3. The van der Waals surface area contributed by atoms with Gasteiger partial charge in [-0.2, -0.15) is 17.6 Å². The molecule has 2 atom stereocenters. The van der Waals surface area contributed by atoms with E-state index in [-0.39, 0.29) is 0 Å². The summed E-state index contributed by atoms with van der Waals surface area (Å²) in [5.74, 6) is -9.97. The molecule has 1 rings (SSSR count). The van der Waals surface area contributed by atoms with Gasteiger partial charge in [0.1, 0.15) is 11.6 Å². The molecule has 140 valence electrons. The lowest BCUT2D eigenvalue weighted by Gasteiger charge is -2.29. The Balaban J connectivity index is 2.90. The summed E-state index contributed by atoms with van der Waals surface area (Å²) in [5.41, 5.74) is -0.819. The minimum Gasteiger partial charge on any atom is -0.444 e. The molecule has 1 N–H and O–H groups in total. The number of hydrogen-bond acceptors (Lipinski definition) is 3. The average Bonchev–Trinajstić information content (AvgIpc) is 2.61. The van der Waals surface area contributed by atoms with Crippen LogP contribution in [0.15, 0.2) is 0 Å². The Morgan fingerprint density at radius 1 is 1.17 bits per heavy atom. The van der Waals surface area contributed by atoms with Crippen LogP contribution in [0.3, 0.4) is 0 Å². The van der Waals surface area contributed by atoms with Gasteiger partial charge in [0.25, 0.3) is 0 Å². The second-order valence-corrected chi connectivity index (χ2v) is 7.11. The van der Waals surface area contributed by atoms with Crippen molar-refractivity contribution in [2.75, 3.05) is 13.1 Å². The van der Waals surface area contributed by atoms with Crippen LogP contribution < -0.4 is 5.32 Å². The second-order valence-electron chi connectivity index (χ2n) is 7.11. The summed E-state index contributed by atoms with van der Waals surface area (Å²) < 4.78 is 58.3. The Hall–Kier alpha value is -1.54. The van der Waals surface area contributed by atoms with Crippen molar-refractivity contribution in [3.05, 3.63) is 0 Å². The number of halogens is 4. The zero-order valence-corrected chi connectivity index (χ0v) is 14.5. The maximum absolute atomic E-state index is 13.3. The molecule has 9 heteroatoms. The Kier molecular flexibility index (Phi) is 5.77. The van der Waals surface area contributed by atoms with E-state index in [9.17, 15) is 27.2 Å². The van der Waals surface area contributed by atoms with Gasteiger partial charge in [0.05, 0.1) is 13.1 Å². The van der Waals surface area contributed by atoms with Crippen LogP contribution in [0.5, 0.6) is 0 Å². The number of nitrogens with one attached hydrogen (secondary N) is 1. The number of carbonyl (C=O) groups is 2. The molecule has 24 heavy (non-hydrogen) atoms. The SMILES string of the molecule is CC[C@H](C)C(NC(=O)OC(C)(C)C)C(=O)N1CC(F)(F)C(F)(F)C1. The molecule has 0 aromatic carbocycles. The van der Waals surface area contributed by atoms with Gasteiger partial charge in [-0.3, -0.25) is 4.79 Å². The van der Waals surface area contributed by atoms with Gasteiger partial charge in [-0.25, -0.2) is 4.79 Å². The third-order valence-electron chi connectivity index (χ3n) is 3.78. The van der Waals surface area contributed by atoms with Crippen LogP contribution in [-0.4, -0.2) is 53.5 Å². The number of rotatable bonds is 4. The number of alkyl carbamates (subject to hydrolysis) is 1. The molecule has 0 aromatic heterocycles. The Morgan fingerprint density at radius 3 is 2.00 bits per heavy atom. The van der Waals surface area contributed by atoms with Gasteiger partial charge in [0.15, 0.2) is 0 Å². The topological polar surface area (TPSA) is 58.6 Å². The monoisotopic (exact) mass is 356 g/mol. The molecule has 0 radical (unpaired) electrons. The van der Waals surface area contributed by atoms with Crippen LogP contribution in [0, 0.1) is 5.92 Å². The van der Waals surface area contributed by atoms with Gasteiger partial charge in [-0.15, -0.1) is 0 Å². The van der Waals surface area contributed by atoms with E-state index in [0.29, 0.717) is 11.3 Å². The highest BCUT2D eigenvalue weighted by atomic mass is 19.3. The summed E-state index contributed by atoms with van der Waals surface area (Å²) in [6.07, 6.45) is -0.466. The predicted molar refractivity (Wildman–Crippen MR) is 79.1 cm³/mol. The molecule has 0 aromatic rings. The van der Waals surface area contributed by atoms with Gasteiger partial charge in [0.2, 0.25) is 5.91 Å². The van der Waals surface area contributed by atoms with Crippen molar-refractivity contribution in [1.29, 1.82) is 0 Å². The number of likely N-dealkylation sites (tertiary alicyclic amines) is 1. The highest BCUT2D eigenvalue weighted by Crippen LogP contribution is 2.41. The van der Waals surface area contributed by atoms with Gasteiger partial charge in [0, 0.05) is 0 Å². The predicted octanol–water partition coefficient (Wildman–Crippen LogP) is 3.04. The molecule has 1 aliphatic rings. The maximum Gasteiger partial charge on any atom is 0.408 e. The molecule has 1 unspecified atom stereocenters. The smallest absolute Gasteiger partial charge is 0.408 e. The molecule has 0 bridgehead atoms. The van der Waals surface area contributed by atoms with Crippen molar-refractivity contribution in [3.63, 3.8) is 0 Å². The first-order valence-corrected chi connectivity index (χ1v) is 7.74. The fourth-order valence-corrected chi connectivity index (χ4v) is 2.24. The molecule has 1 saturated heterocycles. The van der Waals surface area contributed by atoms with E-state index in [1.807, 2.05) is 0 Å². The van der Waals surface area contributed by atoms with Crippen LogP contribution in [0.25, 0.3) is 0 Å². The summed E-state index contributed by atoms with van der Waals surface area (Å²) in [5, 5.41) is 2.31. The zero-order chi connectivity index (χ0) is 18.9. The summed E-state index contributed by atoms with van der Waals surface area (Å²) >= 11 is 0. The number of carbonyl (C=O) groups excluding carboxylic acids is 2. The average molecular weight is 356 g/mol. The summed E-state index contributed by atoms with van der Waals surface area (Å²) in [6, 6.07) is -1.21. The summed E-state index contributed by atoms with van der Waals surface area (Å²) in [7, 11) is 0. The molecule has 1 fully saturated rings. The largest absolute Gasteiger partial charge is 0.444 e. The number of amides is 2. The molecule has 1 heterocycles. The molecule has 0 saturated carbocycles. The first-order chi connectivity index (χ1) is 10.7. The quantitative estimate of drug-likeness (QED) is 0.788. The van der Waals surface area contributed by atoms with Crippen molar-refractivity contribution in [2.24, 2.45) is 5.92 Å². The standard InChI is InChI=1S/C15H24F4N2O3/c1-6-9(2)10(20-12(23)24-13(3,4)5)11(22)21-7-14(16,17)15(18,19)8-21/h9-10H,6-8H2,1-5H3,(H,20,23)/t9-,10?/m0/s1. The first kappa shape index (κ1) is 20.5. The van der Waals surface area contributed by atoms with E-state index < -0.39 is 54.5 Å². The van der Waals surface area contributed by atoms with Gasteiger partial charge < -0.3 is 15.0 Å². The highest BCUT2D eigenvalue weighted by Gasteiger charge is 2.64. The fourth-order valence-electron chi connectivity index (χ4n) is 2.24. The molecule has 5 nitrogen and oxygen atoms in total. The molecule has 2 amide bonds. The third-order valence-corrected chi connectivity index (χ3v) is 3.78. The summed E-state index contributed by atoms with van der Waals surface area (Å²) in [4.78, 5) is 24.7. The number of hydrogen-bond donors (Lipinski definition) is 1. The number of ether oxygens (including phenoxy) is 1. The molecular formula is C15H24F4N2O3. The van der Waals surface area contributed by atoms with Gasteiger partial charge in [-0.1, -0.05) is 20.3 Å². The lowest BCUT2D eigenvalue weighted by Crippen LogP contribution is -2.52. The van der Waals surface area contributed by atoms with E-state index >= 15 is 0 Å². The summed E-state index contributed by atoms with van der Waals surface area (Å²) in [6.45, 7) is 5.46. The lowest BCUT2D eigenvalue weighted by atomic mass is 9.98. The van der Waals surface area contributed by atoms with E-state index in [1.165, 1.54) is 0 Å². The lowest BCUT2D eigenvalue weighted by molar-refractivity contribution is -0.172. The van der Waals surface area contributed by atoms with E-state index in [2.05, 4.69) is 5.32 Å². The minimum atomic E-state index is -4.28. The number of nitrogens with zero attached hydrogens (tertiary/aromatic N) is 1. The highest BCUT2D eigenvalue weighted by molar-refractivity contribution is 5.86. The first-order valence-electron chi connectivity index (χ1n) is 7.74. The van der Waals surface area contributed by atoms with Crippen molar-refractivity contribution < 1.29 is 31.9 Å². The van der Waals surface area contributed by atoms with Gasteiger partial charge >= 0.3 is 17.9 Å². The van der Waals surface area contributed by atoms with Crippen LogP contribution in [0.1, 0.15) is 41.0 Å². The zero-order valence-electron chi connectivity index (χ0n) is 14.5. The van der Waals surface area contributed by atoms with Crippen molar-refractivity contribution >= 4 is 12.0 Å². The van der Waals surface area contributed by atoms with E-state index in [4.69, 9.17) is 4.74 Å². The van der Waals surface area contributed by atoms with Crippen molar-refractivity contribution in [2.45, 2.75) is 64.5 Å². The van der Waals surface area contributed by atoms with Crippen LogP contribution in [0.2, 0.25) is 0 Å². The molecule has 0 spiro atoms. The Labute approximate surface area is 138 Å². The van der Waals surface area contributed by atoms with Crippen LogP contribution in [-0.2, 0) is 9.53 Å². The van der Waals surface area contributed by atoms with Gasteiger partial charge in [-0.05, 0) is 26.7 Å². The fraction of sp³-hybridized carbons (Fsp3) is 0.867. The third kappa shape index (κ3) is 4.73. The van der Waals surface area contributed by atoms with E-state index in [0.717, 1.165) is 0 Å². The minimum absolute atomic E-state index is 0.397. The van der Waals surface area contributed by atoms with Crippen molar-refractivity contribution in [1.82, 2.24) is 10.2 Å². The van der Waals surface area contributed by atoms with Crippen LogP contribution >= 0.6 is 0 Å². The van der Waals surface area contributed by atoms with Crippen LogP contribution in [0.4, 0.5) is 22.4 Å². The molecule has 1 aliphatic heterocycles. The Bertz CT molecular complexity index is 476. The second kappa shape index (κ2) is 6.76. The normalized spacial score (nSPS) is 22.0. The number of alkyl halides is 4. The van der Waals surface area contributed by atoms with E-state index in [1.54, 1.807) is 34.6 Å². The molecular weight excluding hydrogens is 332 g/mol. The Morgan fingerprint density at radius 2 is 1.62 bits per heavy atom. The molecule has 0 aliphatic carbocycles.